The molecular weight excluding hydrogens is 280 g/mol. The van der Waals surface area contributed by atoms with Crippen molar-refractivity contribution < 1.29 is 9.59 Å². The van der Waals surface area contributed by atoms with Gasteiger partial charge in [0.2, 0.25) is 5.91 Å². The molecule has 0 aromatic rings. The molecule has 0 bridgehead atoms. The van der Waals surface area contributed by atoms with E-state index in [1.807, 2.05) is 25.7 Å². The molecule has 20 heavy (non-hydrogen) atoms. The Kier molecular flexibility index (Phi) is 8.76. The van der Waals surface area contributed by atoms with Gasteiger partial charge >= 0.3 is 6.03 Å². The second kappa shape index (κ2) is 9.15. The smallest absolute Gasteiger partial charge is 0.321 e. The van der Waals surface area contributed by atoms with Gasteiger partial charge in [-0.1, -0.05) is 13.8 Å². The quantitative estimate of drug-likeness (QED) is 0.692. The van der Waals surface area contributed by atoms with Gasteiger partial charge in [0.25, 0.3) is 0 Å². The Labute approximate surface area is 127 Å². The summed E-state index contributed by atoms with van der Waals surface area (Å²) in [7, 11) is 0. The molecule has 0 radical (unpaired) electrons. The summed E-state index contributed by atoms with van der Waals surface area (Å²) in [6.07, 6.45) is 1.02. The van der Waals surface area contributed by atoms with Crippen LogP contribution >= 0.6 is 12.4 Å². The van der Waals surface area contributed by atoms with Crippen LogP contribution in [0.4, 0.5) is 4.79 Å². The third kappa shape index (κ3) is 7.07. The maximum absolute atomic E-state index is 11.7. The number of likely N-dealkylation sites (tertiary alicyclic amines) is 1. The Bertz CT molecular complexity index is 323. The van der Waals surface area contributed by atoms with E-state index >= 15 is 0 Å². The van der Waals surface area contributed by atoms with Gasteiger partial charge in [-0.2, -0.15) is 0 Å². The van der Waals surface area contributed by atoms with Crippen molar-refractivity contribution in [3.05, 3.63) is 0 Å². The van der Waals surface area contributed by atoms with Crippen LogP contribution in [0.5, 0.6) is 0 Å². The molecule has 0 spiro atoms. The second-order valence-corrected chi connectivity index (χ2v) is 5.80. The highest BCUT2D eigenvalue weighted by Crippen LogP contribution is 2.17. The van der Waals surface area contributed by atoms with E-state index in [1.54, 1.807) is 0 Å². The maximum Gasteiger partial charge on any atom is 0.321 e. The number of nitrogens with two attached hydrogens (primary N) is 1. The lowest BCUT2D eigenvalue weighted by atomic mass is 10.0. The standard InChI is InChI=1S/C13H26N4O2.ClH/c1-9(2)6-15-13(19)16-12(18)8-17-5-4-11(7-17)10(3)14;/h9-11H,4-8,14H2,1-3H3,(H2,15,16,18,19);1H. The number of carbonyl (C=O) groups excluding carboxylic acids is 2. The summed E-state index contributed by atoms with van der Waals surface area (Å²) in [6.45, 7) is 8.52. The number of nitrogens with one attached hydrogen (secondary N) is 2. The first-order chi connectivity index (χ1) is 8.88. The predicted molar refractivity (Wildman–Crippen MR) is 81.8 cm³/mol. The third-order valence-corrected chi connectivity index (χ3v) is 3.34. The number of hydrogen-bond acceptors (Lipinski definition) is 4. The lowest BCUT2D eigenvalue weighted by Gasteiger charge is -2.17. The number of hydrogen-bond donors (Lipinski definition) is 3. The highest BCUT2D eigenvalue weighted by molar-refractivity contribution is 5.95. The summed E-state index contributed by atoms with van der Waals surface area (Å²) < 4.78 is 0. The van der Waals surface area contributed by atoms with Gasteiger partial charge in [0.1, 0.15) is 0 Å². The fourth-order valence-electron chi connectivity index (χ4n) is 2.15. The van der Waals surface area contributed by atoms with Crippen LogP contribution in [0.25, 0.3) is 0 Å². The molecule has 1 aliphatic rings. The lowest BCUT2D eigenvalue weighted by Crippen LogP contribution is -2.45. The van der Waals surface area contributed by atoms with Gasteiger partial charge in [-0.3, -0.25) is 15.0 Å². The molecule has 0 saturated carbocycles. The highest BCUT2D eigenvalue weighted by Gasteiger charge is 2.26. The molecule has 1 fully saturated rings. The Morgan fingerprint density at radius 3 is 2.50 bits per heavy atom. The zero-order valence-electron chi connectivity index (χ0n) is 12.5. The van der Waals surface area contributed by atoms with E-state index in [0.717, 1.165) is 19.5 Å². The molecule has 0 aromatic heterocycles. The Morgan fingerprint density at radius 1 is 1.35 bits per heavy atom. The van der Waals surface area contributed by atoms with Crippen molar-refractivity contribution in [2.75, 3.05) is 26.2 Å². The van der Waals surface area contributed by atoms with E-state index < -0.39 is 6.03 Å². The Hall–Kier alpha value is -0.850. The molecule has 1 heterocycles. The summed E-state index contributed by atoms with van der Waals surface area (Å²) in [5.41, 5.74) is 5.85. The lowest BCUT2D eigenvalue weighted by molar-refractivity contribution is -0.120. The largest absolute Gasteiger partial charge is 0.338 e. The van der Waals surface area contributed by atoms with Crippen molar-refractivity contribution >= 4 is 24.3 Å². The van der Waals surface area contributed by atoms with Crippen molar-refractivity contribution in [3.8, 4) is 0 Å². The summed E-state index contributed by atoms with van der Waals surface area (Å²) in [5, 5.41) is 5.00. The number of urea groups is 1. The molecule has 118 valence electrons. The van der Waals surface area contributed by atoms with E-state index in [4.69, 9.17) is 5.73 Å². The Morgan fingerprint density at radius 2 is 2.00 bits per heavy atom. The minimum atomic E-state index is -0.415. The molecule has 0 aromatic carbocycles. The van der Waals surface area contributed by atoms with Crippen LogP contribution in [0, 0.1) is 11.8 Å². The molecule has 0 aliphatic carbocycles. The fraction of sp³-hybridized carbons (Fsp3) is 0.846. The minimum Gasteiger partial charge on any atom is -0.338 e. The number of nitrogens with zero attached hydrogens (tertiary/aromatic N) is 1. The molecule has 2 unspecified atom stereocenters. The first kappa shape index (κ1) is 19.1. The summed E-state index contributed by atoms with van der Waals surface area (Å²) >= 11 is 0. The van der Waals surface area contributed by atoms with Crippen molar-refractivity contribution in [2.24, 2.45) is 17.6 Å². The van der Waals surface area contributed by atoms with E-state index in [1.165, 1.54) is 0 Å². The van der Waals surface area contributed by atoms with Crippen molar-refractivity contribution in [1.29, 1.82) is 0 Å². The van der Waals surface area contributed by atoms with Crippen LogP contribution < -0.4 is 16.4 Å². The maximum atomic E-state index is 11.7. The van der Waals surface area contributed by atoms with Crippen LogP contribution in [0.15, 0.2) is 0 Å². The number of amides is 3. The molecule has 4 N–H and O–H groups in total. The number of imide groups is 1. The molecule has 7 heteroatoms. The van der Waals surface area contributed by atoms with E-state index in [0.29, 0.717) is 18.4 Å². The van der Waals surface area contributed by atoms with E-state index in [9.17, 15) is 9.59 Å². The van der Waals surface area contributed by atoms with Crippen LogP contribution in [0.2, 0.25) is 0 Å². The van der Waals surface area contributed by atoms with E-state index in [2.05, 4.69) is 10.6 Å². The molecule has 6 nitrogen and oxygen atoms in total. The van der Waals surface area contributed by atoms with Crippen LogP contribution in [0.3, 0.4) is 0 Å². The SMILES string of the molecule is CC(C)CNC(=O)NC(=O)CN1CCC(C(C)N)C1.Cl. The molecule has 2 atom stereocenters. The van der Waals surface area contributed by atoms with Gasteiger partial charge in [-0.15, -0.1) is 12.4 Å². The number of carbonyl (C=O) groups is 2. The van der Waals surface area contributed by atoms with E-state index in [-0.39, 0.29) is 30.9 Å². The van der Waals surface area contributed by atoms with Gasteiger partial charge < -0.3 is 11.1 Å². The second-order valence-electron chi connectivity index (χ2n) is 5.80. The van der Waals surface area contributed by atoms with Gasteiger partial charge in [-0.05, 0) is 31.7 Å². The number of rotatable bonds is 5. The minimum absolute atomic E-state index is 0. The summed E-state index contributed by atoms with van der Waals surface area (Å²) in [6, 6.07) is -0.260. The third-order valence-electron chi connectivity index (χ3n) is 3.34. The Balaban J connectivity index is 0.00000361. The molecule has 1 saturated heterocycles. The van der Waals surface area contributed by atoms with Crippen LogP contribution in [-0.2, 0) is 4.79 Å². The first-order valence-corrected chi connectivity index (χ1v) is 6.94. The normalized spacial score (nSPS) is 20.4. The molecule has 3 amide bonds. The average Bonchev–Trinajstić information content (AvgIpc) is 2.74. The summed E-state index contributed by atoms with van der Waals surface area (Å²) in [5.74, 6) is 0.556. The fourth-order valence-corrected chi connectivity index (χ4v) is 2.15. The summed E-state index contributed by atoms with van der Waals surface area (Å²) in [4.78, 5) is 25.1. The van der Waals surface area contributed by atoms with Crippen LogP contribution in [0.1, 0.15) is 27.2 Å². The first-order valence-electron chi connectivity index (χ1n) is 6.94. The van der Waals surface area contributed by atoms with Gasteiger partial charge in [0, 0.05) is 19.1 Å². The predicted octanol–water partition coefficient (Wildman–Crippen LogP) is 0.559. The van der Waals surface area contributed by atoms with Gasteiger partial charge in [0.15, 0.2) is 0 Å². The van der Waals surface area contributed by atoms with Gasteiger partial charge in [-0.25, -0.2) is 4.79 Å². The zero-order valence-corrected chi connectivity index (χ0v) is 13.3. The topological polar surface area (TPSA) is 87.5 Å². The molecular formula is C13H27ClN4O2. The molecule has 1 aliphatic heterocycles. The van der Waals surface area contributed by atoms with Crippen molar-refractivity contribution in [3.63, 3.8) is 0 Å². The van der Waals surface area contributed by atoms with Crippen molar-refractivity contribution in [1.82, 2.24) is 15.5 Å². The monoisotopic (exact) mass is 306 g/mol. The number of halogens is 1. The van der Waals surface area contributed by atoms with Crippen LogP contribution in [-0.4, -0.2) is 49.1 Å². The highest BCUT2D eigenvalue weighted by atomic mass is 35.5. The molecule has 1 rings (SSSR count). The van der Waals surface area contributed by atoms with Gasteiger partial charge in [0.05, 0.1) is 6.54 Å². The average molecular weight is 307 g/mol. The van der Waals surface area contributed by atoms with Crippen molar-refractivity contribution in [2.45, 2.75) is 33.2 Å². The zero-order chi connectivity index (χ0) is 14.4.